The largest absolute Gasteiger partial charge is 0.379 e. The van der Waals surface area contributed by atoms with Crippen LogP contribution in [-0.4, -0.2) is 54.8 Å². The average Bonchev–Trinajstić information content (AvgIpc) is 2.95. The molecule has 1 amide bonds. The summed E-state index contributed by atoms with van der Waals surface area (Å²) in [6, 6.07) is 0.560. The van der Waals surface area contributed by atoms with E-state index in [1.807, 2.05) is 5.01 Å². The van der Waals surface area contributed by atoms with E-state index in [2.05, 4.69) is 10.3 Å². The summed E-state index contributed by atoms with van der Waals surface area (Å²) in [5.41, 5.74) is 3.74. The Morgan fingerprint density at radius 1 is 0.958 bits per heavy atom. The van der Waals surface area contributed by atoms with Crippen molar-refractivity contribution in [2.75, 3.05) is 33.0 Å². The fraction of sp³-hybridized carbons (Fsp3) is 0.947. The molecule has 1 N–H and O–H groups in total. The van der Waals surface area contributed by atoms with E-state index in [0.717, 1.165) is 57.1 Å². The third-order valence-electron chi connectivity index (χ3n) is 7.65. The third-order valence-corrected chi connectivity index (χ3v) is 7.65. The summed E-state index contributed by atoms with van der Waals surface area (Å²) >= 11 is 0. The van der Waals surface area contributed by atoms with Gasteiger partial charge in [0.1, 0.15) is 0 Å². The highest BCUT2D eigenvalue weighted by Crippen LogP contribution is 2.57. The molecule has 6 atom stereocenters. The summed E-state index contributed by atoms with van der Waals surface area (Å²) < 4.78 is 5.46. The van der Waals surface area contributed by atoms with E-state index in [-0.39, 0.29) is 0 Å². The van der Waals surface area contributed by atoms with Crippen molar-refractivity contribution >= 4 is 5.91 Å². The summed E-state index contributed by atoms with van der Waals surface area (Å²) in [6.07, 6.45) is 9.34. The predicted molar refractivity (Wildman–Crippen MR) is 90.8 cm³/mol. The van der Waals surface area contributed by atoms with Crippen LogP contribution in [0.3, 0.4) is 0 Å². The van der Waals surface area contributed by atoms with Crippen molar-refractivity contribution in [3.63, 3.8) is 0 Å². The van der Waals surface area contributed by atoms with Crippen molar-refractivity contribution in [3.05, 3.63) is 0 Å². The third kappa shape index (κ3) is 2.43. The standard InChI is InChI=1S/C19H31N3O2/c23-19-16-7-3-6-14-13-4-1-2-5-15(13)18(17(14)16)20-22(19)12-21-8-10-24-11-9-21/h13-18,20H,1-12H2. The van der Waals surface area contributed by atoms with Gasteiger partial charge >= 0.3 is 0 Å². The van der Waals surface area contributed by atoms with Crippen LogP contribution in [0.4, 0.5) is 0 Å². The van der Waals surface area contributed by atoms with Crippen molar-refractivity contribution in [3.8, 4) is 0 Å². The van der Waals surface area contributed by atoms with Crippen molar-refractivity contribution in [2.24, 2.45) is 29.6 Å². The molecule has 24 heavy (non-hydrogen) atoms. The van der Waals surface area contributed by atoms with Gasteiger partial charge < -0.3 is 4.74 Å². The number of hydrazine groups is 1. The second-order valence-corrected chi connectivity index (χ2v) is 8.68. The Hall–Kier alpha value is -0.650. The van der Waals surface area contributed by atoms with Crippen molar-refractivity contribution in [1.82, 2.24) is 15.3 Å². The lowest BCUT2D eigenvalue weighted by molar-refractivity contribution is -0.156. The molecule has 3 aliphatic carbocycles. The number of nitrogens with zero attached hydrogens (tertiary/aromatic N) is 2. The first-order valence-electron chi connectivity index (χ1n) is 10.2. The number of amides is 1. The minimum absolute atomic E-state index is 0.293. The molecule has 134 valence electrons. The molecule has 0 spiro atoms. The van der Waals surface area contributed by atoms with Crippen LogP contribution in [0.25, 0.3) is 0 Å². The van der Waals surface area contributed by atoms with Gasteiger partial charge in [-0.2, -0.15) is 0 Å². The zero-order valence-corrected chi connectivity index (χ0v) is 14.7. The number of morpholine rings is 1. The van der Waals surface area contributed by atoms with Crippen LogP contribution in [0.2, 0.25) is 0 Å². The van der Waals surface area contributed by atoms with Gasteiger partial charge in [0.05, 0.1) is 19.9 Å². The van der Waals surface area contributed by atoms with E-state index in [9.17, 15) is 4.79 Å². The highest BCUT2D eigenvalue weighted by Gasteiger charge is 2.58. The van der Waals surface area contributed by atoms with Gasteiger partial charge in [-0.1, -0.05) is 19.3 Å². The Morgan fingerprint density at radius 2 is 1.71 bits per heavy atom. The van der Waals surface area contributed by atoms with Gasteiger partial charge in [0, 0.05) is 25.0 Å². The molecule has 5 rings (SSSR count). The van der Waals surface area contributed by atoms with Gasteiger partial charge in [-0.25, -0.2) is 5.43 Å². The first-order valence-corrected chi connectivity index (χ1v) is 10.2. The second kappa shape index (κ2) is 6.26. The normalized spacial score (nSPS) is 45.8. The maximum absolute atomic E-state index is 13.2. The van der Waals surface area contributed by atoms with E-state index in [0.29, 0.717) is 23.8 Å². The van der Waals surface area contributed by atoms with E-state index in [1.54, 1.807) is 0 Å². The van der Waals surface area contributed by atoms with Gasteiger partial charge in [0.25, 0.3) is 0 Å². The second-order valence-electron chi connectivity index (χ2n) is 8.68. The van der Waals surface area contributed by atoms with Crippen LogP contribution in [0.1, 0.15) is 44.9 Å². The number of nitrogens with one attached hydrogen (secondary N) is 1. The highest BCUT2D eigenvalue weighted by atomic mass is 16.5. The Balaban J connectivity index is 1.38. The van der Waals surface area contributed by atoms with Crippen molar-refractivity contribution < 1.29 is 9.53 Å². The maximum Gasteiger partial charge on any atom is 0.241 e. The number of carbonyl (C=O) groups excluding carboxylic acids is 1. The smallest absolute Gasteiger partial charge is 0.241 e. The van der Waals surface area contributed by atoms with Crippen LogP contribution in [-0.2, 0) is 9.53 Å². The summed E-state index contributed by atoms with van der Waals surface area (Å²) in [5.74, 6) is 3.82. The van der Waals surface area contributed by atoms with Crippen LogP contribution >= 0.6 is 0 Å². The molecule has 0 aromatic heterocycles. The van der Waals surface area contributed by atoms with Crippen molar-refractivity contribution in [2.45, 2.75) is 51.0 Å². The topological polar surface area (TPSA) is 44.8 Å². The molecule has 6 unspecified atom stereocenters. The SMILES string of the molecule is O=C1C2CCCC3C4CCCCC4C(NN1CN1CCOCC1)C23. The fourth-order valence-electron chi connectivity index (χ4n) is 6.69. The average molecular weight is 333 g/mol. The zero-order valence-electron chi connectivity index (χ0n) is 14.7. The quantitative estimate of drug-likeness (QED) is 0.838. The number of fused-ring (bicyclic) bond motifs is 3. The Kier molecular flexibility index (Phi) is 4.07. The number of hydrogen-bond acceptors (Lipinski definition) is 4. The van der Waals surface area contributed by atoms with Gasteiger partial charge in [-0.05, 0) is 49.4 Å². The Labute approximate surface area is 145 Å². The van der Waals surface area contributed by atoms with E-state index >= 15 is 0 Å². The lowest BCUT2D eigenvalue weighted by Crippen LogP contribution is -2.64. The molecule has 2 saturated heterocycles. The molecule has 0 radical (unpaired) electrons. The monoisotopic (exact) mass is 333 g/mol. The van der Waals surface area contributed by atoms with Crippen molar-refractivity contribution in [1.29, 1.82) is 0 Å². The molecule has 0 aromatic carbocycles. The lowest BCUT2D eigenvalue weighted by atomic mass is 9.68. The first-order chi connectivity index (χ1) is 11.8. The molecule has 5 nitrogen and oxygen atoms in total. The van der Waals surface area contributed by atoms with Gasteiger partial charge in [-0.3, -0.25) is 14.7 Å². The Morgan fingerprint density at radius 3 is 2.54 bits per heavy atom. The number of carbonyl (C=O) groups is 1. The minimum Gasteiger partial charge on any atom is -0.379 e. The molecule has 0 aromatic rings. The van der Waals surface area contributed by atoms with Crippen LogP contribution in [0.15, 0.2) is 0 Å². The maximum atomic E-state index is 13.2. The minimum atomic E-state index is 0.293. The van der Waals surface area contributed by atoms with Crippen LogP contribution in [0.5, 0.6) is 0 Å². The molecule has 0 bridgehead atoms. The molecule has 3 saturated carbocycles. The van der Waals surface area contributed by atoms with Crippen LogP contribution < -0.4 is 5.43 Å². The predicted octanol–water partition coefficient (Wildman–Crippen LogP) is 1.84. The summed E-state index contributed by atoms with van der Waals surface area (Å²) in [6.45, 7) is 4.22. The Bertz CT molecular complexity index is 493. The molecule has 5 heteroatoms. The molecule has 2 heterocycles. The molecular formula is C19H31N3O2. The summed E-state index contributed by atoms with van der Waals surface area (Å²) in [5, 5.41) is 2.00. The zero-order chi connectivity index (χ0) is 16.1. The van der Waals surface area contributed by atoms with E-state index in [1.165, 1.54) is 38.5 Å². The highest BCUT2D eigenvalue weighted by molar-refractivity contribution is 5.80. The lowest BCUT2D eigenvalue weighted by Gasteiger charge is -2.47. The van der Waals surface area contributed by atoms with Gasteiger partial charge in [0.15, 0.2) is 0 Å². The summed E-state index contributed by atoms with van der Waals surface area (Å²) in [4.78, 5) is 15.5. The van der Waals surface area contributed by atoms with E-state index < -0.39 is 0 Å². The summed E-state index contributed by atoms with van der Waals surface area (Å²) in [7, 11) is 0. The molecule has 5 aliphatic rings. The van der Waals surface area contributed by atoms with E-state index in [4.69, 9.17) is 4.74 Å². The molecule has 5 fully saturated rings. The van der Waals surface area contributed by atoms with Gasteiger partial charge in [-0.15, -0.1) is 0 Å². The first kappa shape index (κ1) is 15.6. The number of hydrogen-bond donors (Lipinski definition) is 1. The van der Waals surface area contributed by atoms with Gasteiger partial charge in [0.2, 0.25) is 5.91 Å². The fourth-order valence-corrected chi connectivity index (χ4v) is 6.69. The molecular weight excluding hydrogens is 302 g/mol. The number of ether oxygens (including phenoxy) is 1. The molecule has 2 aliphatic heterocycles. The van der Waals surface area contributed by atoms with Crippen LogP contribution in [0, 0.1) is 29.6 Å². The number of rotatable bonds is 2.